The molecule has 0 amide bonds. The summed E-state index contributed by atoms with van der Waals surface area (Å²) in [7, 11) is 0. The molecule has 88 valence electrons. The minimum Gasteiger partial charge on any atom is -0.256 e. The van der Waals surface area contributed by atoms with Crippen molar-refractivity contribution in [1.82, 2.24) is 4.98 Å². The van der Waals surface area contributed by atoms with Gasteiger partial charge in [0.1, 0.15) is 5.82 Å². The lowest BCUT2D eigenvalue weighted by atomic mass is 9.84. The van der Waals surface area contributed by atoms with Crippen molar-refractivity contribution in [2.45, 2.75) is 26.2 Å². The molecule has 2 rings (SSSR count). The smallest absolute Gasteiger partial charge is 0.123 e. The molecule has 0 aliphatic carbocycles. The van der Waals surface area contributed by atoms with Gasteiger partial charge in [-0.1, -0.05) is 39.0 Å². The van der Waals surface area contributed by atoms with Gasteiger partial charge in [-0.25, -0.2) is 4.39 Å². The first kappa shape index (κ1) is 11.8. The first-order valence-corrected chi connectivity index (χ1v) is 5.70. The SMILES string of the molecule is CC(C)(C)c1cccnc1-c1cccc(F)c1. The molecule has 0 saturated carbocycles. The first-order valence-electron chi connectivity index (χ1n) is 5.70. The lowest BCUT2D eigenvalue weighted by Crippen LogP contribution is -2.13. The van der Waals surface area contributed by atoms with Crippen molar-refractivity contribution in [3.05, 3.63) is 54.0 Å². The van der Waals surface area contributed by atoms with Gasteiger partial charge in [-0.15, -0.1) is 0 Å². The van der Waals surface area contributed by atoms with E-state index in [-0.39, 0.29) is 11.2 Å². The summed E-state index contributed by atoms with van der Waals surface area (Å²) < 4.78 is 13.3. The van der Waals surface area contributed by atoms with E-state index in [1.54, 1.807) is 12.3 Å². The van der Waals surface area contributed by atoms with Crippen LogP contribution in [0, 0.1) is 5.82 Å². The van der Waals surface area contributed by atoms with Crippen molar-refractivity contribution in [1.29, 1.82) is 0 Å². The summed E-state index contributed by atoms with van der Waals surface area (Å²) in [5.41, 5.74) is 2.82. The van der Waals surface area contributed by atoms with Crippen LogP contribution in [0.15, 0.2) is 42.6 Å². The van der Waals surface area contributed by atoms with Crippen molar-refractivity contribution in [2.75, 3.05) is 0 Å². The van der Waals surface area contributed by atoms with E-state index >= 15 is 0 Å². The zero-order valence-electron chi connectivity index (χ0n) is 10.4. The number of aromatic nitrogens is 1. The van der Waals surface area contributed by atoms with Crippen LogP contribution in [-0.4, -0.2) is 4.98 Å². The molecule has 0 radical (unpaired) electrons. The normalized spacial score (nSPS) is 11.5. The molecule has 0 atom stereocenters. The number of nitrogens with zero attached hydrogens (tertiary/aromatic N) is 1. The van der Waals surface area contributed by atoms with E-state index in [0.717, 1.165) is 16.8 Å². The fourth-order valence-corrected chi connectivity index (χ4v) is 1.88. The monoisotopic (exact) mass is 229 g/mol. The largest absolute Gasteiger partial charge is 0.256 e. The van der Waals surface area contributed by atoms with E-state index in [9.17, 15) is 4.39 Å². The van der Waals surface area contributed by atoms with E-state index in [4.69, 9.17) is 0 Å². The van der Waals surface area contributed by atoms with Gasteiger partial charge in [0, 0.05) is 11.8 Å². The van der Waals surface area contributed by atoms with Crippen molar-refractivity contribution >= 4 is 0 Å². The van der Waals surface area contributed by atoms with Crippen LogP contribution < -0.4 is 0 Å². The maximum atomic E-state index is 13.3. The number of halogens is 1. The molecular weight excluding hydrogens is 213 g/mol. The highest BCUT2D eigenvalue weighted by atomic mass is 19.1. The summed E-state index contributed by atoms with van der Waals surface area (Å²) in [6.45, 7) is 6.40. The molecular formula is C15H16FN. The van der Waals surface area contributed by atoms with Crippen molar-refractivity contribution < 1.29 is 4.39 Å². The average Bonchev–Trinajstić information content (AvgIpc) is 2.28. The third-order valence-corrected chi connectivity index (χ3v) is 2.71. The minimum absolute atomic E-state index is 0.00406. The highest BCUT2D eigenvalue weighted by Gasteiger charge is 2.19. The standard InChI is InChI=1S/C15H16FN/c1-15(2,3)13-8-5-9-17-14(13)11-6-4-7-12(16)10-11/h4-10H,1-3H3. The molecule has 1 aromatic carbocycles. The molecule has 2 aromatic rings. The molecule has 0 bridgehead atoms. The molecule has 0 saturated heterocycles. The Hall–Kier alpha value is -1.70. The second-order valence-electron chi connectivity index (χ2n) is 5.16. The topological polar surface area (TPSA) is 12.9 Å². The van der Waals surface area contributed by atoms with Gasteiger partial charge in [-0.2, -0.15) is 0 Å². The summed E-state index contributed by atoms with van der Waals surface area (Å²) in [5, 5.41) is 0. The van der Waals surface area contributed by atoms with Crippen LogP contribution in [0.3, 0.4) is 0 Å². The Morgan fingerprint density at radius 3 is 2.47 bits per heavy atom. The fourth-order valence-electron chi connectivity index (χ4n) is 1.88. The number of hydrogen-bond acceptors (Lipinski definition) is 1. The molecule has 0 aliphatic heterocycles. The number of hydrogen-bond donors (Lipinski definition) is 0. The lowest BCUT2D eigenvalue weighted by molar-refractivity contribution is 0.589. The predicted octanol–water partition coefficient (Wildman–Crippen LogP) is 4.19. The average molecular weight is 229 g/mol. The van der Waals surface area contributed by atoms with Crippen LogP contribution in [0.2, 0.25) is 0 Å². The van der Waals surface area contributed by atoms with E-state index in [0.29, 0.717) is 0 Å². The molecule has 1 heterocycles. The molecule has 1 nitrogen and oxygen atoms in total. The predicted molar refractivity (Wildman–Crippen MR) is 68.3 cm³/mol. The van der Waals surface area contributed by atoms with E-state index in [1.807, 2.05) is 18.2 Å². The summed E-state index contributed by atoms with van der Waals surface area (Å²) in [6, 6.07) is 10.5. The van der Waals surface area contributed by atoms with Gasteiger partial charge in [0.25, 0.3) is 0 Å². The summed E-state index contributed by atoms with van der Waals surface area (Å²) in [4.78, 5) is 4.39. The Balaban J connectivity index is 2.60. The second kappa shape index (κ2) is 4.28. The summed E-state index contributed by atoms with van der Waals surface area (Å²) in [5.74, 6) is -0.229. The fraction of sp³-hybridized carbons (Fsp3) is 0.267. The number of pyridine rings is 1. The first-order chi connectivity index (χ1) is 7.98. The number of benzene rings is 1. The molecule has 1 aromatic heterocycles. The molecule has 0 N–H and O–H groups in total. The van der Waals surface area contributed by atoms with E-state index in [2.05, 4.69) is 25.8 Å². The quantitative estimate of drug-likeness (QED) is 0.714. The summed E-state index contributed by atoms with van der Waals surface area (Å²) in [6.07, 6.45) is 1.75. The van der Waals surface area contributed by atoms with Gasteiger partial charge in [0.2, 0.25) is 0 Å². The van der Waals surface area contributed by atoms with Gasteiger partial charge in [0.05, 0.1) is 5.69 Å². The zero-order chi connectivity index (χ0) is 12.5. The van der Waals surface area contributed by atoms with Gasteiger partial charge < -0.3 is 0 Å². The van der Waals surface area contributed by atoms with E-state index in [1.165, 1.54) is 12.1 Å². The van der Waals surface area contributed by atoms with Crippen LogP contribution >= 0.6 is 0 Å². The van der Waals surface area contributed by atoms with Crippen LogP contribution in [0.1, 0.15) is 26.3 Å². The second-order valence-corrected chi connectivity index (χ2v) is 5.16. The van der Waals surface area contributed by atoms with Gasteiger partial charge in [-0.3, -0.25) is 4.98 Å². The lowest BCUT2D eigenvalue weighted by Gasteiger charge is -2.22. The molecule has 0 unspecified atom stereocenters. The van der Waals surface area contributed by atoms with Crippen LogP contribution in [0.25, 0.3) is 11.3 Å². The third kappa shape index (κ3) is 2.52. The maximum absolute atomic E-state index is 13.3. The van der Waals surface area contributed by atoms with Crippen LogP contribution in [0.5, 0.6) is 0 Å². The zero-order valence-corrected chi connectivity index (χ0v) is 10.4. The van der Waals surface area contributed by atoms with Gasteiger partial charge >= 0.3 is 0 Å². The Morgan fingerprint density at radius 1 is 1.06 bits per heavy atom. The molecule has 2 heteroatoms. The van der Waals surface area contributed by atoms with Crippen LogP contribution in [-0.2, 0) is 5.41 Å². The molecule has 0 aliphatic rings. The maximum Gasteiger partial charge on any atom is 0.123 e. The van der Waals surface area contributed by atoms with Crippen molar-refractivity contribution in [3.63, 3.8) is 0 Å². The van der Waals surface area contributed by atoms with Gasteiger partial charge in [0.15, 0.2) is 0 Å². The Kier molecular flexibility index (Phi) is 2.97. The Morgan fingerprint density at radius 2 is 1.82 bits per heavy atom. The third-order valence-electron chi connectivity index (χ3n) is 2.71. The Bertz CT molecular complexity index is 526. The number of rotatable bonds is 1. The highest BCUT2D eigenvalue weighted by molar-refractivity contribution is 5.64. The summed E-state index contributed by atoms with van der Waals surface area (Å²) >= 11 is 0. The van der Waals surface area contributed by atoms with Crippen molar-refractivity contribution in [2.24, 2.45) is 0 Å². The highest BCUT2D eigenvalue weighted by Crippen LogP contribution is 2.31. The Labute approximate surface area is 101 Å². The molecule has 17 heavy (non-hydrogen) atoms. The van der Waals surface area contributed by atoms with Crippen molar-refractivity contribution in [3.8, 4) is 11.3 Å². The molecule has 0 spiro atoms. The molecule has 0 fully saturated rings. The van der Waals surface area contributed by atoms with Crippen LogP contribution in [0.4, 0.5) is 4.39 Å². The van der Waals surface area contributed by atoms with Gasteiger partial charge in [-0.05, 0) is 29.2 Å². The minimum atomic E-state index is -0.229. The van der Waals surface area contributed by atoms with E-state index < -0.39 is 0 Å².